The first-order valence-corrected chi connectivity index (χ1v) is 13.9. The van der Waals surface area contributed by atoms with E-state index in [1.54, 1.807) is 30.5 Å². The second-order valence-corrected chi connectivity index (χ2v) is 11.1. The number of anilines is 1. The molecule has 38 heavy (non-hydrogen) atoms. The number of benzene rings is 3. The van der Waals surface area contributed by atoms with E-state index in [2.05, 4.69) is 15.6 Å². The molecule has 4 aromatic rings. The third kappa shape index (κ3) is 6.73. The summed E-state index contributed by atoms with van der Waals surface area (Å²) >= 11 is 12.2. The molecule has 0 spiro atoms. The van der Waals surface area contributed by atoms with Crippen LogP contribution in [0.1, 0.15) is 5.56 Å². The predicted molar refractivity (Wildman–Crippen MR) is 150 cm³/mol. The maximum atomic E-state index is 13.5. The Bertz CT molecular complexity index is 1540. The summed E-state index contributed by atoms with van der Waals surface area (Å²) in [5.74, 6) is -0.0761. The van der Waals surface area contributed by atoms with Crippen LogP contribution in [0.25, 0.3) is 10.9 Å². The topological polar surface area (TPSA) is 101 Å². The number of amides is 1. The van der Waals surface area contributed by atoms with Gasteiger partial charge in [-0.05, 0) is 48.0 Å². The molecule has 0 saturated heterocycles. The molecule has 0 saturated carbocycles. The molecule has 4 rings (SSSR count). The van der Waals surface area contributed by atoms with Crippen LogP contribution in [0.15, 0.2) is 83.9 Å². The monoisotopic (exact) mass is 572 g/mol. The first-order valence-electron chi connectivity index (χ1n) is 11.7. The Morgan fingerprint density at radius 3 is 2.53 bits per heavy atom. The highest BCUT2D eigenvalue weighted by Crippen LogP contribution is 2.29. The number of hydrogen-bond donors (Lipinski definition) is 2. The first kappa shape index (κ1) is 27.7. The molecular formula is C27H26Cl2N4O4S. The summed E-state index contributed by atoms with van der Waals surface area (Å²) in [7, 11) is -2.60. The maximum absolute atomic E-state index is 13.5. The largest absolute Gasteiger partial charge is 0.495 e. The summed E-state index contributed by atoms with van der Waals surface area (Å²) in [6.45, 7) is 0.360. The molecule has 1 heterocycles. The fraction of sp³-hybridized carbons (Fsp3) is 0.185. The zero-order chi connectivity index (χ0) is 27.1. The van der Waals surface area contributed by atoms with Crippen LogP contribution in [-0.2, 0) is 21.4 Å². The highest BCUT2D eigenvalue weighted by molar-refractivity contribution is 7.89. The molecule has 3 aromatic carbocycles. The quantitative estimate of drug-likeness (QED) is 0.246. The van der Waals surface area contributed by atoms with Crippen LogP contribution in [0.5, 0.6) is 5.75 Å². The van der Waals surface area contributed by atoms with Gasteiger partial charge in [-0.3, -0.25) is 9.78 Å². The van der Waals surface area contributed by atoms with Gasteiger partial charge in [0.1, 0.15) is 5.75 Å². The van der Waals surface area contributed by atoms with Crippen LogP contribution in [-0.4, -0.2) is 50.4 Å². The van der Waals surface area contributed by atoms with Gasteiger partial charge in [-0.25, -0.2) is 8.42 Å². The van der Waals surface area contributed by atoms with Gasteiger partial charge in [-0.2, -0.15) is 4.31 Å². The lowest BCUT2D eigenvalue weighted by Gasteiger charge is -2.22. The molecular weight excluding hydrogens is 547 g/mol. The molecule has 11 heteroatoms. The van der Waals surface area contributed by atoms with Crippen LogP contribution < -0.4 is 15.4 Å². The average molecular weight is 574 g/mol. The Kier molecular flexibility index (Phi) is 9.06. The van der Waals surface area contributed by atoms with E-state index in [9.17, 15) is 13.2 Å². The lowest BCUT2D eigenvalue weighted by Crippen LogP contribution is -2.41. The number of methoxy groups -OCH3 is 1. The van der Waals surface area contributed by atoms with E-state index < -0.39 is 15.9 Å². The zero-order valence-electron chi connectivity index (χ0n) is 20.5. The predicted octanol–water partition coefficient (Wildman–Crippen LogP) is 4.97. The number of carbonyl (C=O) groups is 1. The van der Waals surface area contributed by atoms with Crippen molar-refractivity contribution in [1.82, 2.24) is 14.6 Å². The van der Waals surface area contributed by atoms with Gasteiger partial charge < -0.3 is 15.4 Å². The number of hydrogen-bond acceptors (Lipinski definition) is 6. The molecule has 2 N–H and O–H groups in total. The molecule has 198 valence electrons. The fourth-order valence-corrected chi connectivity index (χ4v) is 5.76. The molecule has 1 aromatic heterocycles. The maximum Gasteiger partial charge on any atom is 0.243 e. The number of aromatic nitrogens is 1. The van der Waals surface area contributed by atoms with E-state index in [-0.39, 0.29) is 29.6 Å². The van der Waals surface area contributed by atoms with Gasteiger partial charge in [0.2, 0.25) is 15.9 Å². The number of carbonyl (C=O) groups excluding carboxylic acids is 1. The van der Waals surface area contributed by atoms with Crippen LogP contribution in [0.3, 0.4) is 0 Å². The second-order valence-electron chi connectivity index (χ2n) is 8.35. The smallest absolute Gasteiger partial charge is 0.243 e. The van der Waals surface area contributed by atoms with Gasteiger partial charge in [-0.15, -0.1) is 0 Å². The highest BCUT2D eigenvalue weighted by Gasteiger charge is 2.27. The Hall–Kier alpha value is -3.37. The van der Waals surface area contributed by atoms with Gasteiger partial charge in [0.15, 0.2) is 0 Å². The van der Waals surface area contributed by atoms with Crippen molar-refractivity contribution >= 4 is 55.7 Å². The third-order valence-corrected chi connectivity index (χ3v) is 8.07. The van der Waals surface area contributed by atoms with Crippen molar-refractivity contribution in [3.8, 4) is 5.75 Å². The molecule has 0 atom stereocenters. The number of ether oxygens (including phenoxy) is 1. The Balaban J connectivity index is 1.43. The summed E-state index contributed by atoms with van der Waals surface area (Å²) in [6.07, 6.45) is 1.68. The van der Waals surface area contributed by atoms with E-state index in [1.165, 1.54) is 25.3 Å². The van der Waals surface area contributed by atoms with Crippen molar-refractivity contribution in [2.24, 2.45) is 0 Å². The van der Waals surface area contributed by atoms with Gasteiger partial charge in [-0.1, -0.05) is 53.5 Å². The summed E-state index contributed by atoms with van der Waals surface area (Å²) in [4.78, 5) is 17.1. The van der Waals surface area contributed by atoms with Crippen molar-refractivity contribution in [2.75, 3.05) is 32.1 Å². The number of pyridine rings is 1. The second kappa shape index (κ2) is 12.4. The minimum Gasteiger partial charge on any atom is -0.495 e. The van der Waals surface area contributed by atoms with E-state index in [4.69, 9.17) is 27.9 Å². The minimum atomic E-state index is -4.04. The summed E-state index contributed by atoms with van der Waals surface area (Å²) in [5.41, 5.74) is 2.35. The van der Waals surface area contributed by atoms with Crippen LogP contribution in [0.2, 0.25) is 10.0 Å². The van der Waals surface area contributed by atoms with Gasteiger partial charge in [0, 0.05) is 41.9 Å². The molecule has 0 bridgehead atoms. The van der Waals surface area contributed by atoms with Crippen molar-refractivity contribution in [3.05, 3.63) is 94.6 Å². The van der Waals surface area contributed by atoms with Crippen molar-refractivity contribution in [3.63, 3.8) is 0 Å². The summed E-state index contributed by atoms with van der Waals surface area (Å²) in [5, 5.41) is 7.73. The normalized spacial score (nSPS) is 11.5. The SMILES string of the molecule is COc1ccc(S(=O)(=O)N(CC(=O)NCCNc2ccnc3cc(Cl)ccc23)Cc2ccccc2)cc1Cl. The Morgan fingerprint density at radius 1 is 1.00 bits per heavy atom. The molecule has 1 amide bonds. The van der Waals surface area contributed by atoms with Crippen LogP contribution >= 0.6 is 23.2 Å². The van der Waals surface area contributed by atoms with E-state index >= 15 is 0 Å². The van der Waals surface area contributed by atoms with E-state index in [0.717, 1.165) is 26.5 Å². The third-order valence-electron chi connectivity index (χ3n) is 5.75. The summed E-state index contributed by atoms with van der Waals surface area (Å²) in [6, 6.07) is 20.6. The average Bonchev–Trinajstić information content (AvgIpc) is 2.91. The van der Waals surface area contributed by atoms with Gasteiger partial charge in [0.25, 0.3) is 0 Å². The molecule has 0 aliphatic rings. The molecule has 0 aliphatic heterocycles. The van der Waals surface area contributed by atoms with E-state index in [0.29, 0.717) is 17.3 Å². The van der Waals surface area contributed by atoms with Gasteiger partial charge >= 0.3 is 0 Å². The zero-order valence-corrected chi connectivity index (χ0v) is 22.9. The molecule has 0 unspecified atom stereocenters. The molecule has 8 nitrogen and oxygen atoms in total. The number of fused-ring (bicyclic) bond motifs is 1. The minimum absolute atomic E-state index is 0.0179. The number of nitrogens with one attached hydrogen (secondary N) is 2. The number of nitrogens with zero attached hydrogens (tertiary/aromatic N) is 2. The Morgan fingerprint density at radius 2 is 1.79 bits per heavy atom. The lowest BCUT2D eigenvalue weighted by molar-refractivity contribution is -0.121. The number of halogens is 2. The van der Waals surface area contributed by atoms with Crippen LogP contribution in [0, 0.1) is 0 Å². The molecule has 0 radical (unpaired) electrons. The van der Waals surface area contributed by atoms with Gasteiger partial charge in [0.05, 0.1) is 29.1 Å². The molecule has 0 aliphatic carbocycles. The van der Waals surface area contributed by atoms with Crippen molar-refractivity contribution < 1.29 is 17.9 Å². The fourth-order valence-electron chi connectivity index (χ4n) is 3.86. The number of sulfonamides is 1. The Labute approximate surface area is 231 Å². The number of rotatable bonds is 11. The first-order chi connectivity index (χ1) is 18.3. The van der Waals surface area contributed by atoms with Crippen molar-refractivity contribution in [2.45, 2.75) is 11.4 Å². The standard InChI is InChI=1S/C27H26Cl2N4O4S/c1-37-26-10-8-21(16-23(26)29)38(35,36)33(17-19-5-3-2-4-6-19)18-27(34)32-14-13-31-24-11-12-30-25-15-20(28)7-9-22(24)25/h2-12,15-16H,13-14,17-18H2,1H3,(H,30,31)(H,32,34). The van der Waals surface area contributed by atoms with Crippen LogP contribution in [0.4, 0.5) is 5.69 Å². The lowest BCUT2D eigenvalue weighted by atomic mass is 10.2. The highest BCUT2D eigenvalue weighted by atomic mass is 35.5. The summed E-state index contributed by atoms with van der Waals surface area (Å²) < 4.78 is 33.3. The molecule has 0 fully saturated rings. The van der Waals surface area contributed by atoms with Crippen molar-refractivity contribution in [1.29, 1.82) is 0 Å². The van der Waals surface area contributed by atoms with E-state index in [1.807, 2.05) is 30.3 Å².